The third kappa shape index (κ3) is 3.45. The molecule has 0 spiro atoms. The number of hydrogen-bond acceptors (Lipinski definition) is 4. The number of aliphatic hydroxyl groups excluding tert-OH is 1. The van der Waals surface area contributed by atoms with Crippen LogP contribution in [-0.2, 0) is 10.0 Å². The average molecular weight is 457 g/mol. The molecule has 1 aromatic carbocycles. The lowest BCUT2D eigenvalue weighted by Crippen LogP contribution is -2.50. The van der Waals surface area contributed by atoms with E-state index in [0.717, 1.165) is 62.6 Å². The number of rotatable bonds is 3. The summed E-state index contributed by atoms with van der Waals surface area (Å²) in [6, 6.07) is 6.89. The Kier molecular flexibility index (Phi) is 5.33. The normalized spacial score (nSPS) is 40.2. The van der Waals surface area contributed by atoms with Crippen molar-refractivity contribution in [2.45, 2.75) is 83.1 Å². The standard InChI is InChI=1S/C26H36N2O3S/c1-17-4-7-20(8-5-17)32(30,31)28-27-24-11-10-22-21-9-6-18-16-19(29)12-14-25(18,2)23(21)13-15-26(22,24)3/h4-8,19,21-23,28-29H,9-16H2,1-3H3/b27-24-/t19-,21?,22?,23?,25-,26-/m0/s1. The molecule has 3 fully saturated rings. The van der Waals surface area contributed by atoms with Gasteiger partial charge in [-0.15, -0.1) is 0 Å². The molecule has 174 valence electrons. The Morgan fingerprint density at radius 3 is 2.47 bits per heavy atom. The lowest BCUT2D eigenvalue weighted by Gasteiger charge is -2.57. The Bertz CT molecular complexity index is 1060. The van der Waals surface area contributed by atoms with Crippen molar-refractivity contribution in [2.24, 2.45) is 33.7 Å². The summed E-state index contributed by atoms with van der Waals surface area (Å²) in [5, 5.41) is 14.7. The Hall–Kier alpha value is -1.66. The highest BCUT2D eigenvalue weighted by molar-refractivity contribution is 7.89. The van der Waals surface area contributed by atoms with Gasteiger partial charge in [-0.05, 0) is 93.6 Å². The summed E-state index contributed by atoms with van der Waals surface area (Å²) in [4.78, 5) is 2.80. The highest BCUT2D eigenvalue weighted by Gasteiger charge is 2.57. The van der Waals surface area contributed by atoms with E-state index in [1.54, 1.807) is 12.1 Å². The fourth-order valence-electron chi connectivity index (χ4n) is 7.50. The predicted molar refractivity (Wildman–Crippen MR) is 127 cm³/mol. The van der Waals surface area contributed by atoms with E-state index in [0.29, 0.717) is 17.8 Å². The lowest BCUT2D eigenvalue weighted by atomic mass is 9.48. The Balaban J connectivity index is 1.38. The summed E-state index contributed by atoms with van der Waals surface area (Å²) in [7, 11) is -3.65. The van der Waals surface area contributed by atoms with Crippen LogP contribution in [0.25, 0.3) is 0 Å². The van der Waals surface area contributed by atoms with Crippen LogP contribution in [0, 0.1) is 35.5 Å². The van der Waals surface area contributed by atoms with Gasteiger partial charge >= 0.3 is 0 Å². The minimum Gasteiger partial charge on any atom is -0.393 e. The summed E-state index contributed by atoms with van der Waals surface area (Å²) in [5.41, 5.74) is 3.72. The number of sulfonamides is 1. The summed E-state index contributed by atoms with van der Waals surface area (Å²) >= 11 is 0. The lowest BCUT2D eigenvalue weighted by molar-refractivity contribution is -0.0209. The van der Waals surface area contributed by atoms with Gasteiger partial charge < -0.3 is 5.11 Å². The van der Waals surface area contributed by atoms with Crippen LogP contribution < -0.4 is 4.83 Å². The molecule has 3 saturated carbocycles. The maximum atomic E-state index is 12.8. The van der Waals surface area contributed by atoms with Crippen molar-refractivity contribution in [1.29, 1.82) is 0 Å². The van der Waals surface area contributed by atoms with Gasteiger partial charge in [0.1, 0.15) is 0 Å². The van der Waals surface area contributed by atoms with E-state index in [4.69, 9.17) is 0 Å². The topological polar surface area (TPSA) is 78.8 Å². The van der Waals surface area contributed by atoms with Gasteiger partial charge in [-0.3, -0.25) is 0 Å². The number of nitrogens with one attached hydrogen (secondary N) is 1. The first-order valence-electron chi connectivity index (χ1n) is 12.2. The van der Waals surface area contributed by atoms with Gasteiger partial charge in [-0.25, -0.2) is 4.83 Å². The quantitative estimate of drug-likeness (QED) is 0.499. The molecule has 5 rings (SSSR count). The first kappa shape index (κ1) is 22.1. The molecular formula is C26H36N2O3S. The van der Waals surface area contributed by atoms with Gasteiger partial charge in [0.2, 0.25) is 0 Å². The smallest absolute Gasteiger partial charge is 0.276 e. The molecule has 3 unspecified atom stereocenters. The Morgan fingerprint density at radius 1 is 1.03 bits per heavy atom. The highest BCUT2D eigenvalue weighted by Crippen LogP contribution is 2.64. The van der Waals surface area contributed by atoms with Gasteiger partial charge in [0, 0.05) is 11.1 Å². The molecule has 5 nitrogen and oxygen atoms in total. The molecule has 0 radical (unpaired) electrons. The molecule has 1 aromatic rings. The first-order chi connectivity index (χ1) is 15.1. The molecule has 4 aliphatic carbocycles. The van der Waals surface area contributed by atoms with E-state index in [2.05, 4.69) is 29.9 Å². The second-order valence-corrected chi connectivity index (χ2v) is 12.8. The van der Waals surface area contributed by atoms with Crippen molar-refractivity contribution in [3.63, 3.8) is 0 Å². The van der Waals surface area contributed by atoms with Crippen LogP contribution >= 0.6 is 0 Å². The monoisotopic (exact) mass is 456 g/mol. The molecule has 4 aliphatic rings. The van der Waals surface area contributed by atoms with Crippen LogP contribution in [0.15, 0.2) is 45.9 Å². The number of hydrazone groups is 1. The average Bonchev–Trinajstić information content (AvgIpc) is 3.09. The van der Waals surface area contributed by atoms with E-state index in [9.17, 15) is 13.5 Å². The second-order valence-electron chi connectivity index (χ2n) is 11.1. The molecule has 0 aliphatic heterocycles. The van der Waals surface area contributed by atoms with E-state index >= 15 is 0 Å². The summed E-state index contributed by atoms with van der Waals surface area (Å²) in [6.07, 6.45) is 10.4. The van der Waals surface area contributed by atoms with Crippen molar-refractivity contribution in [2.75, 3.05) is 0 Å². The van der Waals surface area contributed by atoms with E-state index < -0.39 is 10.0 Å². The maximum Gasteiger partial charge on any atom is 0.276 e. The third-order valence-corrected chi connectivity index (χ3v) is 10.7. The number of aliphatic hydroxyl groups is 1. The van der Waals surface area contributed by atoms with Crippen LogP contribution in [0.2, 0.25) is 0 Å². The van der Waals surface area contributed by atoms with Crippen molar-refractivity contribution >= 4 is 15.7 Å². The van der Waals surface area contributed by atoms with Gasteiger partial charge in [0.25, 0.3) is 10.0 Å². The van der Waals surface area contributed by atoms with Gasteiger partial charge in [0.15, 0.2) is 0 Å². The van der Waals surface area contributed by atoms with Crippen LogP contribution in [-0.4, -0.2) is 25.3 Å². The van der Waals surface area contributed by atoms with E-state index in [-0.39, 0.29) is 21.8 Å². The van der Waals surface area contributed by atoms with E-state index in [1.807, 2.05) is 19.1 Å². The largest absolute Gasteiger partial charge is 0.393 e. The van der Waals surface area contributed by atoms with Crippen molar-refractivity contribution in [3.8, 4) is 0 Å². The van der Waals surface area contributed by atoms with Gasteiger partial charge in [-0.2, -0.15) is 13.5 Å². The highest BCUT2D eigenvalue weighted by atomic mass is 32.2. The van der Waals surface area contributed by atoms with Crippen LogP contribution in [0.3, 0.4) is 0 Å². The predicted octanol–water partition coefficient (Wildman–Crippen LogP) is 4.95. The SMILES string of the molecule is Cc1ccc(S(=O)(=O)N/N=C2/CCC3C4CC=C5C[C@@H](O)CC[C@]5(C)C4CC[C@]23C)cc1. The molecule has 6 atom stereocenters. The Labute approximate surface area is 192 Å². The number of aryl methyl sites for hydroxylation is 1. The maximum absolute atomic E-state index is 12.8. The molecule has 0 bridgehead atoms. The fraction of sp³-hybridized carbons (Fsp3) is 0.654. The van der Waals surface area contributed by atoms with Crippen molar-refractivity contribution in [1.82, 2.24) is 4.83 Å². The zero-order valence-electron chi connectivity index (χ0n) is 19.5. The molecule has 2 N–H and O–H groups in total. The molecule has 0 heterocycles. The number of fused-ring (bicyclic) bond motifs is 5. The molecular weight excluding hydrogens is 420 g/mol. The number of allylic oxidation sites excluding steroid dienone is 1. The molecule has 32 heavy (non-hydrogen) atoms. The summed E-state index contributed by atoms with van der Waals surface area (Å²) in [5.74, 6) is 1.83. The minimum absolute atomic E-state index is 0.0349. The van der Waals surface area contributed by atoms with Gasteiger partial charge in [-0.1, -0.05) is 43.2 Å². The Morgan fingerprint density at radius 2 is 1.72 bits per heavy atom. The zero-order chi connectivity index (χ0) is 22.7. The number of hydrogen-bond donors (Lipinski definition) is 2. The molecule has 0 saturated heterocycles. The zero-order valence-corrected chi connectivity index (χ0v) is 20.3. The second kappa shape index (κ2) is 7.69. The van der Waals surface area contributed by atoms with Crippen LogP contribution in [0.1, 0.15) is 70.8 Å². The first-order valence-corrected chi connectivity index (χ1v) is 13.6. The summed E-state index contributed by atoms with van der Waals surface area (Å²) < 4.78 is 25.5. The van der Waals surface area contributed by atoms with E-state index in [1.165, 1.54) is 5.57 Å². The van der Waals surface area contributed by atoms with Gasteiger partial charge in [0.05, 0.1) is 11.0 Å². The third-order valence-electron chi connectivity index (χ3n) is 9.45. The van der Waals surface area contributed by atoms with Crippen molar-refractivity contribution in [3.05, 3.63) is 41.5 Å². The number of benzene rings is 1. The summed E-state index contributed by atoms with van der Waals surface area (Å²) in [6.45, 7) is 6.69. The van der Waals surface area contributed by atoms with Crippen molar-refractivity contribution < 1.29 is 13.5 Å². The molecule has 0 aromatic heterocycles. The fourth-order valence-corrected chi connectivity index (χ4v) is 8.33. The molecule has 0 amide bonds. The van der Waals surface area contributed by atoms with Crippen LogP contribution in [0.4, 0.5) is 0 Å². The number of nitrogens with zero attached hydrogens (tertiary/aromatic N) is 1. The molecule has 6 heteroatoms. The van der Waals surface area contributed by atoms with Crippen LogP contribution in [0.5, 0.6) is 0 Å². The minimum atomic E-state index is -3.65.